The molecule has 0 bridgehead atoms. The second-order valence-corrected chi connectivity index (χ2v) is 4.90. The summed E-state index contributed by atoms with van der Waals surface area (Å²) in [6.45, 7) is 3.89. The van der Waals surface area contributed by atoms with Gasteiger partial charge in [-0.15, -0.1) is 0 Å². The van der Waals surface area contributed by atoms with Crippen LogP contribution in [0.4, 0.5) is 4.79 Å². The van der Waals surface area contributed by atoms with Crippen molar-refractivity contribution in [2.75, 3.05) is 46.4 Å². The van der Waals surface area contributed by atoms with E-state index in [2.05, 4.69) is 19.4 Å². The van der Waals surface area contributed by atoms with E-state index in [0.717, 1.165) is 19.4 Å². The number of hydrogen-bond donors (Lipinski definition) is 1. The third-order valence-corrected chi connectivity index (χ3v) is 3.48. The molecular formula is C14H19N3O5. The second kappa shape index (κ2) is 7.60. The third-order valence-electron chi connectivity index (χ3n) is 3.48. The highest BCUT2D eigenvalue weighted by molar-refractivity contribution is 5.93. The van der Waals surface area contributed by atoms with Crippen LogP contribution in [0.3, 0.4) is 0 Å². The lowest BCUT2D eigenvalue weighted by Gasteiger charge is -2.33. The molecule has 8 nitrogen and oxygen atoms in total. The van der Waals surface area contributed by atoms with E-state index in [4.69, 9.17) is 0 Å². The third kappa shape index (κ3) is 4.32. The molecular weight excluding hydrogens is 290 g/mol. The van der Waals surface area contributed by atoms with Crippen molar-refractivity contribution in [1.29, 1.82) is 0 Å². The molecule has 1 aliphatic rings. The zero-order chi connectivity index (χ0) is 15.9. The Morgan fingerprint density at radius 1 is 1.27 bits per heavy atom. The van der Waals surface area contributed by atoms with Crippen molar-refractivity contribution < 1.29 is 18.7 Å². The number of nitrogens with zero attached hydrogens (tertiary/aromatic N) is 2. The van der Waals surface area contributed by atoms with E-state index in [1.165, 1.54) is 19.2 Å². The maximum Gasteiger partial charge on any atom is 0.409 e. The van der Waals surface area contributed by atoms with Gasteiger partial charge in [-0.3, -0.25) is 9.69 Å². The minimum atomic E-state index is -0.486. The Kier molecular flexibility index (Phi) is 5.54. The maximum absolute atomic E-state index is 11.8. The number of piperazine rings is 1. The van der Waals surface area contributed by atoms with Crippen molar-refractivity contribution in [3.63, 3.8) is 0 Å². The van der Waals surface area contributed by atoms with Crippen LogP contribution >= 0.6 is 0 Å². The number of ether oxygens (including phenoxy) is 1. The van der Waals surface area contributed by atoms with Crippen molar-refractivity contribution in [3.8, 4) is 0 Å². The smallest absolute Gasteiger partial charge is 0.409 e. The molecule has 8 heteroatoms. The van der Waals surface area contributed by atoms with Crippen molar-refractivity contribution in [3.05, 3.63) is 34.4 Å². The number of nitrogens with one attached hydrogen (secondary N) is 1. The highest BCUT2D eigenvalue weighted by atomic mass is 16.5. The van der Waals surface area contributed by atoms with E-state index in [1.54, 1.807) is 4.90 Å². The van der Waals surface area contributed by atoms with Crippen LogP contribution in [0.5, 0.6) is 0 Å². The topological polar surface area (TPSA) is 92.1 Å². The SMILES string of the molecule is COC(=O)N1CCN(CCNC(=O)c2ccc(=O)oc2)CC1. The lowest BCUT2D eigenvalue weighted by atomic mass is 10.3. The molecule has 0 spiro atoms. The number of hydrogen-bond acceptors (Lipinski definition) is 6. The van der Waals surface area contributed by atoms with Gasteiger partial charge in [0.15, 0.2) is 0 Å². The van der Waals surface area contributed by atoms with Crippen LogP contribution in [0.2, 0.25) is 0 Å². The molecule has 2 heterocycles. The maximum atomic E-state index is 11.8. The minimum absolute atomic E-state index is 0.281. The van der Waals surface area contributed by atoms with E-state index in [1.807, 2.05) is 0 Å². The summed E-state index contributed by atoms with van der Waals surface area (Å²) in [5.74, 6) is -0.281. The standard InChI is InChI=1S/C14H19N3O5/c1-21-14(20)17-8-6-16(7-9-17)5-4-15-13(19)11-2-3-12(18)22-10-11/h2-3,10H,4-9H2,1H3,(H,15,19). The highest BCUT2D eigenvalue weighted by Gasteiger charge is 2.21. The van der Waals surface area contributed by atoms with Gasteiger partial charge < -0.3 is 19.4 Å². The fourth-order valence-electron chi connectivity index (χ4n) is 2.20. The molecule has 2 amide bonds. The Balaban J connectivity index is 1.69. The quantitative estimate of drug-likeness (QED) is 0.825. The molecule has 1 aromatic heterocycles. The summed E-state index contributed by atoms with van der Waals surface area (Å²) in [5.41, 5.74) is -0.171. The van der Waals surface area contributed by atoms with Crippen LogP contribution in [-0.4, -0.2) is 68.2 Å². The number of rotatable bonds is 4. The monoisotopic (exact) mass is 309 g/mol. The molecule has 1 fully saturated rings. The summed E-state index contributed by atoms with van der Waals surface area (Å²) in [6, 6.07) is 2.64. The van der Waals surface area contributed by atoms with E-state index in [-0.39, 0.29) is 12.0 Å². The van der Waals surface area contributed by atoms with Gasteiger partial charge in [0.05, 0.1) is 12.7 Å². The number of amides is 2. The van der Waals surface area contributed by atoms with E-state index in [9.17, 15) is 14.4 Å². The zero-order valence-corrected chi connectivity index (χ0v) is 12.4. The molecule has 0 atom stereocenters. The molecule has 0 aromatic carbocycles. The number of methoxy groups -OCH3 is 1. The fourth-order valence-corrected chi connectivity index (χ4v) is 2.20. The van der Waals surface area contributed by atoms with Crippen LogP contribution in [0.25, 0.3) is 0 Å². The first-order valence-corrected chi connectivity index (χ1v) is 7.02. The summed E-state index contributed by atoms with van der Waals surface area (Å²) in [4.78, 5) is 37.8. The van der Waals surface area contributed by atoms with Crippen LogP contribution in [-0.2, 0) is 4.74 Å². The predicted octanol–water partition coefficient (Wildman–Crippen LogP) is -0.246. The normalized spacial score (nSPS) is 15.4. The van der Waals surface area contributed by atoms with E-state index >= 15 is 0 Å². The zero-order valence-electron chi connectivity index (χ0n) is 12.4. The van der Waals surface area contributed by atoms with E-state index < -0.39 is 5.63 Å². The Bertz CT molecular complexity index is 558. The Hall–Kier alpha value is -2.35. The molecule has 1 saturated heterocycles. The van der Waals surface area contributed by atoms with Crippen molar-refractivity contribution in [1.82, 2.24) is 15.1 Å². The Morgan fingerprint density at radius 3 is 2.59 bits per heavy atom. The van der Waals surface area contributed by atoms with Gasteiger partial charge in [-0.1, -0.05) is 0 Å². The molecule has 1 N–H and O–H groups in total. The molecule has 0 radical (unpaired) electrons. The van der Waals surface area contributed by atoms with Gasteiger partial charge in [-0.05, 0) is 6.07 Å². The van der Waals surface area contributed by atoms with Gasteiger partial charge in [0.1, 0.15) is 6.26 Å². The average molecular weight is 309 g/mol. The largest absolute Gasteiger partial charge is 0.453 e. The van der Waals surface area contributed by atoms with Gasteiger partial charge in [-0.25, -0.2) is 9.59 Å². The number of carbonyl (C=O) groups excluding carboxylic acids is 2. The molecule has 1 aliphatic heterocycles. The summed E-state index contributed by atoms with van der Waals surface area (Å²) < 4.78 is 9.32. The summed E-state index contributed by atoms with van der Waals surface area (Å²) in [5, 5.41) is 2.76. The first kappa shape index (κ1) is 16.0. The molecule has 22 heavy (non-hydrogen) atoms. The van der Waals surface area contributed by atoms with Crippen molar-refractivity contribution >= 4 is 12.0 Å². The Morgan fingerprint density at radius 2 is 2.00 bits per heavy atom. The van der Waals surface area contributed by atoms with E-state index in [0.29, 0.717) is 31.7 Å². The highest BCUT2D eigenvalue weighted by Crippen LogP contribution is 2.02. The first-order chi connectivity index (χ1) is 10.6. The van der Waals surface area contributed by atoms with Gasteiger partial charge in [0, 0.05) is 45.3 Å². The molecule has 1 aromatic rings. The van der Waals surface area contributed by atoms with Gasteiger partial charge in [-0.2, -0.15) is 0 Å². The van der Waals surface area contributed by atoms with Crippen molar-refractivity contribution in [2.24, 2.45) is 0 Å². The minimum Gasteiger partial charge on any atom is -0.453 e. The van der Waals surface area contributed by atoms with Crippen LogP contribution in [0, 0.1) is 0 Å². The predicted molar refractivity (Wildman–Crippen MR) is 77.7 cm³/mol. The molecule has 2 rings (SSSR count). The lowest BCUT2D eigenvalue weighted by molar-refractivity contribution is 0.0884. The number of carbonyl (C=O) groups is 2. The average Bonchev–Trinajstić information content (AvgIpc) is 2.55. The molecule has 120 valence electrons. The van der Waals surface area contributed by atoms with Crippen LogP contribution in [0.1, 0.15) is 10.4 Å². The first-order valence-electron chi connectivity index (χ1n) is 7.02. The van der Waals surface area contributed by atoms with Crippen molar-refractivity contribution in [2.45, 2.75) is 0 Å². The van der Waals surface area contributed by atoms with Gasteiger partial charge in [0.2, 0.25) is 0 Å². The summed E-state index contributed by atoms with van der Waals surface area (Å²) in [7, 11) is 1.37. The summed E-state index contributed by atoms with van der Waals surface area (Å²) in [6.07, 6.45) is 0.839. The van der Waals surface area contributed by atoms with Gasteiger partial charge >= 0.3 is 11.7 Å². The molecule has 0 aliphatic carbocycles. The van der Waals surface area contributed by atoms with Gasteiger partial charge in [0.25, 0.3) is 5.91 Å². The van der Waals surface area contributed by atoms with Crippen LogP contribution < -0.4 is 10.9 Å². The van der Waals surface area contributed by atoms with Crippen LogP contribution in [0.15, 0.2) is 27.6 Å². The lowest BCUT2D eigenvalue weighted by Crippen LogP contribution is -2.50. The summed E-state index contributed by atoms with van der Waals surface area (Å²) >= 11 is 0. The molecule has 0 saturated carbocycles. The fraction of sp³-hybridized carbons (Fsp3) is 0.500. The Labute approximate surface area is 127 Å². The molecule has 0 unspecified atom stereocenters. The second-order valence-electron chi connectivity index (χ2n) is 4.90.